The van der Waals surface area contributed by atoms with Gasteiger partial charge in [-0.25, -0.2) is 14.2 Å². The Kier molecular flexibility index (Phi) is 4.73. The third-order valence-corrected chi connectivity index (χ3v) is 3.91. The molecule has 2 aromatic rings. The second-order valence-electron chi connectivity index (χ2n) is 5.92. The Labute approximate surface area is 151 Å². The minimum absolute atomic E-state index is 0.0530. The molecule has 1 unspecified atom stereocenters. The number of alkyl halides is 3. The Morgan fingerprint density at radius 3 is 2.56 bits per heavy atom. The fourth-order valence-corrected chi connectivity index (χ4v) is 2.67. The smallest absolute Gasteiger partial charge is 0.335 e. The molecular weight excluding hydrogens is 368 g/mol. The highest BCUT2D eigenvalue weighted by Gasteiger charge is 2.39. The third-order valence-electron chi connectivity index (χ3n) is 3.91. The van der Waals surface area contributed by atoms with E-state index in [1.54, 1.807) is 0 Å². The van der Waals surface area contributed by atoms with Crippen molar-refractivity contribution in [3.8, 4) is 0 Å². The van der Waals surface area contributed by atoms with E-state index >= 15 is 0 Å². The molecule has 1 aromatic carbocycles. The summed E-state index contributed by atoms with van der Waals surface area (Å²) in [6.07, 6.45) is -4.62. The number of aromatic nitrogens is 1. The maximum absolute atomic E-state index is 13.1. The van der Waals surface area contributed by atoms with Gasteiger partial charge in [-0.1, -0.05) is 0 Å². The fraction of sp³-hybridized carbons (Fsp3) is 0.235. The van der Waals surface area contributed by atoms with Crippen LogP contribution in [0.5, 0.6) is 0 Å². The molecule has 3 amide bonds. The van der Waals surface area contributed by atoms with E-state index in [2.05, 4.69) is 15.6 Å². The Balaban J connectivity index is 1.89. The summed E-state index contributed by atoms with van der Waals surface area (Å²) in [6, 6.07) is 4.66. The molecule has 0 radical (unpaired) electrons. The number of rotatable bonds is 3. The first-order valence-corrected chi connectivity index (χ1v) is 7.84. The summed E-state index contributed by atoms with van der Waals surface area (Å²) in [6.45, 7) is 1.25. The molecule has 0 aliphatic carbocycles. The monoisotopic (exact) mass is 382 g/mol. The number of benzene rings is 1. The SMILES string of the molecule is Cc1cc(C(F)(F)F)cc(N2C(=O)NCC2C(=O)Nc2ccc(F)cc2)n1. The lowest BCUT2D eigenvalue weighted by atomic mass is 10.2. The highest BCUT2D eigenvalue weighted by Crippen LogP contribution is 2.32. The Bertz CT molecular complexity index is 883. The lowest BCUT2D eigenvalue weighted by Gasteiger charge is -2.22. The summed E-state index contributed by atoms with van der Waals surface area (Å²) in [7, 11) is 0. The Morgan fingerprint density at radius 1 is 1.26 bits per heavy atom. The number of hydrogen-bond donors (Lipinski definition) is 2. The zero-order valence-corrected chi connectivity index (χ0v) is 14.0. The van der Waals surface area contributed by atoms with Gasteiger partial charge in [-0.2, -0.15) is 13.2 Å². The van der Waals surface area contributed by atoms with Crippen molar-refractivity contribution in [1.29, 1.82) is 0 Å². The number of hydrogen-bond acceptors (Lipinski definition) is 3. The number of urea groups is 1. The average Bonchev–Trinajstić information content (AvgIpc) is 2.97. The van der Waals surface area contributed by atoms with E-state index in [-0.39, 0.29) is 23.7 Å². The molecule has 1 aromatic heterocycles. The van der Waals surface area contributed by atoms with Crippen molar-refractivity contribution in [2.75, 3.05) is 16.8 Å². The van der Waals surface area contributed by atoms with Crippen LogP contribution in [0.4, 0.5) is 33.9 Å². The van der Waals surface area contributed by atoms with Gasteiger partial charge in [0.2, 0.25) is 5.91 Å². The van der Waals surface area contributed by atoms with Crippen LogP contribution in [0.3, 0.4) is 0 Å². The lowest BCUT2D eigenvalue weighted by molar-refractivity contribution is -0.137. The van der Waals surface area contributed by atoms with Gasteiger partial charge in [-0.3, -0.25) is 9.69 Å². The van der Waals surface area contributed by atoms with Crippen LogP contribution in [-0.4, -0.2) is 29.5 Å². The number of carbonyl (C=O) groups is 2. The van der Waals surface area contributed by atoms with Crippen LogP contribution in [0.15, 0.2) is 36.4 Å². The first-order valence-electron chi connectivity index (χ1n) is 7.84. The van der Waals surface area contributed by atoms with Gasteiger partial charge >= 0.3 is 12.2 Å². The molecule has 1 atom stereocenters. The van der Waals surface area contributed by atoms with Crippen LogP contribution in [0.1, 0.15) is 11.3 Å². The molecule has 2 N–H and O–H groups in total. The molecule has 0 spiro atoms. The van der Waals surface area contributed by atoms with Crippen molar-refractivity contribution in [1.82, 2.24) is 10.3 Å². The summed E-state index contributed by atoms with van der Waals surface area (Å²) in [5.41, 5.74) is -0.631. The first-order chi connectivity index (χ1) is 12.6. The number of pyridine rings is 1. The lowest BCUT2D eigenvalue weighted by Crippen LogP contribution is -2.43. The van der Waals surface area contributed by atoms with E-state index in [9.17, 15) is 27.2 Å². The van der Waals surface area contributed by atoms with Crippen molar-refractivity contribution < 1.29 is 27.2 Å². The fourth-order valence-electron chi connectivity index (χ4n) is 2.67. The van der Waals surface area contributed by atoms with E-state index in [0.29, 0.717) is 0 Å². The van der Waals surface area contributed by atoms with Crippen molar-refractivity contribution in [3.63, 3.8) is 0 Å². The summed E-state index contributed by atoms with van der Waals surface area (Å²) >= 11 is 0. The van der Waals surface area contributed by atoms with Crippen LogP contribution >= 0.6 is 0 Å². The molecule has 142 valence electrons. The number of nitrogens with one attached hydrogen (secondary N) is 2. The second kappa shape index (κ2) is 6.86. The minimum atomic E-state index is -4.62. The van der Waals surface area contributed by atoms with Crippen molar-refractivity contribution in [2.24, 2.45) is 0 Å². The molecule has 10 heteroatoms. The number of nitrogens with zero attached hydrogens (tertiary/aromatic N) is 2. The van der Waals surface area contributed by atoms with Crippen LogP contribution in [-0.2, 0) is 11.0 Å². The zero-order valence-electron chi connectivity index (χ0n) is 14.0. The molecule has 6 nitrogen and oxygen atoms in total. The molecule has 0 bridgehead atoms. The summed E-state index contributed by atoms with van der Waals surface area (Å²) < 4.78 is 52.1. The molecule has 1 fully saturated rings. The van der Waals surface area contributed by atoms with Gasteiger partial charge in [0, 0.05) is 17.9 Å². The summed E-state index contributed by atoms with van der Waals surface area (Å²) in [5.74, 6) is -1.41. The molecule has 27 heavy (non-hydrogen) atoms. The van der Waals surface area contributed by atoms with Crippen LogP contribution < -0.4 is 15.5 Å². The number of halogens is 4. The van der Waals surface area contributed by atoms with Gasteiger partial charge in [0.1, 0.15) is 17.7 Å². The van der Waals surface area contributed by atoms with E-state index in [4.69, 9.17) is 0 Å². The Hall–Kier alpha value is -3.17. The Morgan fingerprint density at radius 2 is 1.93 bits per heavy atom. The maximum Gasteiger partial charge on any atom is 0.416 e. The van der Waals surface area contributed by atoms with Crippen molar-refractivity contribution >= 4 is 23.4 Å². The van der Waals surface area contributed by atoms with Crippen molar-refractivity contribution in [3.05, 3.63) is 53.5 Å². The number of aryl methyl sites for hydroxylation is 1. The standard InChI is InChI=1S/C17H14F4N4O2/c1-9-6-10(17(19,20)21)7-14(23-9)25-13(8-22-16(25)27)15(26)24-12-4-2-11(18)3-5-12/h2-7,13H,8H2,1H3,(H,22,27)(H,24,26). The highest BCUT2D eigenvalue weighted by atomic mass is 19.4. The van der Waals surface area contributed by atoms with E-state index in [1.165, 1.54) is 19.1 Å². The predicted molar refractivity (Wildman–Crippen MR) is 88.7 cm³/mol. The van der Waals surface area contributed by atoms with Gasteiger partial charge in [-0.05, 0) is 43.3 Å². The second-order valence-corrected chi connectivity index (χ2v) is 5.92. The third kappa shape index (κ3) is 3.99. The normalized spacial score (nSPS) is 17.0. The highest BCUT2D eigenvalue weighted by molar-refractivity contribution is 6.06. The van der Waals surface area contributed by atoms with E-state index < -0.39 is 35.5 Å². The molecular formula is C17H14F4N4O2. The molecule has 1 aliphatic heterocycles. The number of amides is 3. The van der Waals surface area contributed by atoms with E-state index in [0.717, 1.165) is 29.2 Å². The topological polar surface area (TPSA) is 74.3 Å². The number of carbonyl (C=O) groups excluding carboxylic acids is 2. The zero-order chi connectivity index (χ0) is 19.8. The van der Waals surface area contributed by atoms with Crippen LogP contribution in [0.2, 0.25) is 0 Å². The molecule has 3 rings (SSSR count). The maximum atomic E-state index is 13.1. The average molecular weight is 382 g/mol. The summed E-state index contributed by atoms with van der Waals surface area (Å²) in [5, 5.41) is 4.92. The predicted octanol–water partition coefficient (Wildman–Crippen LogP) is 3.08. The number of anilines is 2. The molecule has 1 aliphatic rings. The largest absolute Gasteiger partial charge is 0.416 e. The quantitative estimate of drug-likeness (QED) is 0.802. The van der Waals surface area contributed by atoms with Gasteiger partial charge in [-0.15, -0.1) is 0 Å². The molecule has 2 heterocycles. The molecule has 0 saturated carbocycles. The van der Waals surface area contributed by atoms with Gasteiger partial charge in [0.15, 0.2) is 0 Å². The van der Waals surface area contributed by atoms with Gasteiger partial charge < -0.3 is 10.6 Å². The molecule has 1 saturated heterocycles. The van der Waals surface area contributed by atoms with Crippen LogP contribution in [0.25, 0.3) is 0 Å². The van der Waals surface area contributed by atoms with Crippen LogP contribution in [0, 0.1) is 12.7 Å². The van der Waals surface area contributed by atoms with E-state index in [1.807, 2.05) is 0 Å². The first kappa shape index (κ1) is 18.6. The van der Waals surface area contributed by atoms with Crippen molar-refractivity contribution in [2.45, 2.75) is 19.1 Å². The van der Waals surface area contributed by atoms with Gasteiger partial charge in [0.05, 0.1) is 5.56 Å². The minimum Gasteiger partial charge on any atom is -0.335 e. The summed E-state index contributed by atoms with van der Waals surface area (Å²) in [4.78, 5) is 29.5. The van der Waals surface area contributed by atoms with Gasteiger partial charge in [0.25, 0.3) is 0 Å².